The van der Waals surface area contributed by atoms with Crippen molar-refractivity contribution in [3.8, 4) is 0 Å². The van der Waals surface area contributed by atoms with Crippen LogP contribution < -0.4 is 5.32 Å². The van der Waals surface area contributed by atoms with Crippen molar-refractivity contribution in [1.29, 1.82) is 0 Å². The predicted molar refractivity (Wildman–Crippen MR) is 61.0 cm³/mol. The number of thioether (sulfide) groups is 1. The maximum atomic E-state index is 5.27. The summed E-state index contributed by atoms with van der Waals surface area (Å²) in [6, 6.07) is 0. The minimum atomic E-state index is 0.426. The number of hydrogen-bond acceptors (Lipinski definition) is 5. The van der Waals surface area contributed by atoms with Crippen LogP contribution in [0.15, 0.2) is 4.52 Å². The second-order valence-corrected chi connectivity index (χ2v) is 5.66. The Hall–Kier alpha value is -0.550. The third kappa shape index (κ3) is 2.95. The SMILES string of the molecule is CC(C)SCc1noc(C2CCNC2)n1. The Morgan fingerprint density at radius 3 is 3.13 bits per heavy atom. The molecular weight excluding hydrogens is 210 g/mol. The summed E-state index contributed by atoms with van der Waals surface area (Å²) in [4.78, 5) is 4.43. The largest absolute Gasteiger partial charge is 0.339 e. The Bertz CT molecular complexity index is 307. The van der Waals surface area contributed by atoms with Crippen LogP contribution in [0.25, 0.3) is 0 Å². The second-order valence-electron chi connectivity index (χ2n) is 4.10. The van der Waals surface area contributed by atoms with Gasteiger partial charge in [0.25, 0.3) is 0 Å². The van der Waals surface area contributed by atoms with Gasteiger partial charge in [0.15, 0.2) is 5.82 Å². The van der Waals surface area contributed by atoms with Gasteiger partial charge in [0.2, 0.25) is 5.89 Å². The van der Waals surface area contributed by atoms with Gasteiger partial charge >= 0.3 is 0 Å². The first-order chi connectivity index (χ1) is 7.25. The highest BCUT2D eigenvalue weighted by atomic mass is 32.2. The lowest BCUT2D eigenvalue weighted by Gasteiger charge is -2.00. The first-order valence-electron chi connectivity index (χ1n) is 5.40. The lowest BCUT2D eigenvalue weighted by Crippen LogP contribution is -2.08. The molecular formula is C10H17N3OS. The topological polar surface area (TPSA) is 51.0 Å². The highest BCUT2D eigenvalue weighted by molar-refractivity contribution is 7.99. The zero-order valence-electron chi connectivity index (χ0n) is 9.19. The maximum absolute atomic E-state index is 5.27. The maximum Gasteiger partial charge on any atom is 0.231 e. The minimum absolute atomic E-state index is 0.426. The molecule has 2 rings (SSSR count). The molecule has 0 aromatic carbocycles. The molecule has 15 heavy (non-hydrogen) atoms. The quantitative estimate of drug-likeness (QED) is 0.850. The molecule has 1 fully saturated rings. The zero-order valence-corrected chi connectivity index (χ0v) is 10.0. The smallest absolute Gasteiger partial charge is 0.231 e. The van der Waals surface area contributed by atoms with E-state index in [2.05, 4.69) is 29.3 Å². The first kappa shape index (κ1) is 11.0. The van der Waals surface area contributed by atoms with Crippen molar-refractivity contribution in [2.24, 2.45) is 0 Å². The van der Waals surface area contributed by atoms with Crippen molar-refractivity contribution in [2.45, 2.75) is 37.2 Å². The van der Waals surface area contributed by atoms with E-state index in [1.807, 2.05) is 11.8 Å². The molecule has 2 heterocycles. The molecule has 84 valence electrons. The summed E-state index contributed by atoms with van der Waals surface area (Å²) in [5.74, 6) is 2.91. The fraction of sp³-hybridized carbons (Fsp3) is 0.800. The lowest BCUT2D eigenvalue weighted by molar-refractivity contribution is 0.355. The number of rotatable bonds is 4. The van der Waals surface area contributed by atoms with Crippen LogP contribution in [0.2, 0.25) is 0 Å². The van der Waals surface area contributed by atoms with Crippen molar-refractivity contribution < 1.29 is 4.52 Å². The van der Waals surface area contributed by atoms with Gasteiger partial charge in [-0.3, -0.25) is 0 Å². The van der Waals surface area contributed by atoms with Crippen LogP contribution in [0, 0.1) is 0 Å². The summed E-state index contributed by atoms with van der Waals surface area (Å²) in [5.41, 5.74) is 0. The van der Waals surface area contributed by atoms with E-state index in [-0.39, 0.29) is 0 Å². The number of nitrogens with one attached hydrogen (secondary N) is 1. The third-order valence-electron chi connectivity index (χ3n) is 2.44. The molecule has 1 aliphatic rings. The molecule has 1 saturated heterocycles. The monoisotopic (exact) mass is 227 g/mol. The summed E-state index contributed by atoms with van der Waals surface area (Å²) in [7, 11) is 0. The predicted octanol–water partition coefficient (Wildman–Crippen LogP) is 1.79. The van der Waals surface area contributed by atoms with Gasteiger partial charge in [0.1, 0.15) is 0 Å². The van der Waals surface area contributed by atoms with Gasteiger partial charge in [-0.05, 0) is 18.2 Å². The van der Waals surface area contributed by atoms with E-state index in [4.69, 9.17) is 4.52 Å². The molecule has 0 radical (unpaired) electrons. The van der Waals surface area contributed by atoms with E-state index in [0.717, 1.165) is 37.0 Å². The third-order valence-corrected chi connectivity index (χ3v) is 3.53. The number of hydrogen-bond donors (Lipinski definition) is 1. The standard InChI is InChI=1S/C10H17N3OS/c1-7(2)15-6-9-12-10(14-13-9)8-3-4-11-5-8/h7-8,11H,3-6H2,1-2H3. The first-order valence-corrected chi connectivity index (χ1v) is 6.45. The molecule has 1 aliphatic heterocycles. The van der Waals surface area contributed by atoms with Crippen molar-refractivity contribution in [3.05, 3.63) is 11.7 Å². The molecule has 1 atom stereocenters. The number of nitrogens with zero attached hydrogens (tertiary/aromatic N) is 2. The van der Waals surface area contributed by atoms with E-state index in [1.165, 1.54) is 0 Å². The average Bonchev–Trinajstić information content (AvgIpc) is 2.85. The Morgan fingerprint density at radius 2 is 2.47 bits per heavy atom. The molecule has 1 unspecified atom stereocenters. The van der Waals surface area contributed by atoms with E-state index in [9.17, 15) is 0 Å². The molecule has 1 aromatic rings. The van der Waals surface area contributed by atoms with E-state index in [0.29, 0.717) is 11.2 Å². The Morgan fingerprint density at radius 1 is 1.60 bits per heavy atom. The zero-order chi connectivity index (χ0) is 10.7. The fourth-order valence-electron chi connectivity index (χ4n) is 1.60. The van der Waals surface area contributed by atoms with Crippen LogP contribution in [0.1, 0.15) is 37.9 Å². The Kier molecular flexibility index (Phi) is 3.64. The van der Waals surface area contributed by atoms with Crippen molar-refractivity contribution in [1.82, 2.24) is 15.5 Å². The molecule has 0 saturated carbocycles. The molecule has 1 N–H and O–H groups in total. The van der Waals surface area contributed by atoms with Crippen molar-refractivity contribution >= 4 is 11.8 Å². The van der Waals surface area contributed by atoms with Crippen molar-refractivity contribution in [3.63, 3.8) is 0 Å². The summed E-state index contributed by atoms with van der Waals surface area (Å²) in [6.45, 7) is 6.38. The van der Waals surface area contributed by atoms with Gasteiger partial charge in [0, 0.05) is 6.54 Å². The van der Waals surface area contributed by atoms with Crippen molar-refractivity contribution in [2.75, 3.05) is 13.1 Å². The number of aromatic nitrogens is 2. The highest BCUT2D eigenvalue weighted by Gasteiger charge is 2.22. The van der Waals surface area contributed by atoms with Crippen LogP contribution >= 0.6 is 11.8 Å². The summed E-state index contributed by atoms with van der Waals surface area (Å²) < 4.78 is 5.27. The van der Waals surface area contributed by atoms with Gasteiger partial charge < -0.3 is 9.84 Å². The molecule has 1 aromatic heterocycles. The van der Waals surface area contributed by atoms with Crippen LogP contribution in [-0.2, 0) is 5.75 Å². The molecule has 5 heteroatoms. The lowest BCUT2D eigenvalue weighted by atomic mass is 10.1. The van der Waals surface area contributed by atoms with Crippen LogP contribution in [0.4, 0.5) is 0 Å². The van der Waals surface area contributed by atoms with Gasteiger partial charge in [0.05, 0.1) is 11.7 Å². The van der Waals surface area contributed by atoms with Crippen LogP contribution in [0.5, 0.6) is 0 Å². The van der Waals surface area contributed by atoms with E-state index < -0.39 is 0 Å². The molecule has 0 spiro atoms. The van der Waals surface area contributed by atoms with Gasteiger partial charge in [-0.15, -0.1) is 0 Å². The Balaban J connectivity index is 1.91. The van der Waals surface area contributed by atoms with Crippen LogP contribution in [0.3, 0.4) is 0 Å². The molecule has 0 amide bonds. The average molecular weight is 227 g/mol. The molecule has 4 nitrogen and oxygen atoms in total. The second kappa shape index (κ2) is 4.99. The minimum Gasteiger partial charge on any atom is -0.339 e. The highest BCUT2D eigenvalue weighted by Crippen LogP contribution is 2.22. The Labute approximate surface area is 94.2 Å². The molecule has 0 bridgehead atoms. The molecule has 0 aliphatic carbocycles. The van der Waals surface area contributed by atoms with Gasteiger partial charge in [-0.1, -0.05) is 19.0 Å². The van der Waals surface area contributed by atoms with Gasteiger partial charge in [-0.2, -0.15) is 16.7 Å². The van der Waals surface area contributed by atoms with E-state index in [1.54, 1.807) is 0 Å². The normalized spacial score (nSPS) is 21.4. The van der Waals surface area contributed by atoms with Crippen LogP contribution in [-0.4, -0.2) is 28.5 Å². The summed E-state index contributed by atoms with van der Waals surface area (Å²) >= 11 is 1.84. The van der Waals surface area contributed by atoms with E-state index >= 15 is 0 Å². The fourth-order valence-corrected chi connectivity index (χ4v) is 2.20. The van der Waals surface area contributed by atoms with Gasteiger partial charge in [-0.25, -0.2) is 0 Å². The summed E-state index contributed by atoms with van der Waals surface area (Å²) in [5, 5.41) is 7.91. The summed E-state index contributed by atoms with van der Waals surface area (Å²) in [6.07, 6.45) is 1.11.